The van der Waals surface area contributed by atoms with E-state index in [9.17, 15) is 15.0 Å². The lowest BCUT2D eigenvalue weighted by molar-refractivity contribution is 0.0997. The highest BCUT2D eigenvalue weighted by molar-refractivity contribution is 5.89. The molecule has 0 aliphatic rings. The molecule has 2 aromatic rings. The van der Waals surface area contributed by atoms with E-state index in [0.717, 1.165) is 12.0 Å². The summed E-state index contributed by atoms with van der Waals surface area (Å²) in [7, 11) is 0. The van der Waals surface area contributed by atoms with Gasteiger partial charge in [0.15, 0.2) is 0 Å². The average Bonchev–Trinajstić information content (AvgIpc) is 2.75. The Morgan fingerprint density at radius 2 is 1.83 bits per heavy atom. The number of carbonyl (C=O) groups excluding carboxylic acids is 1. The van der Waals surface area contributed by atoms with Crippen molar-refractivity contribution < 1.29 is 19.7 Å². The zero-order valence-corrected chi connectivity index (χ0v) is 16.8. The van der Waals surface area contributed by atoms with Crippen LogP contribution in [0.4, 0.5) is 10.5 Å². The first-order chi connectivity index (χ1) is 14.1. The normalized spacial score (nSPS) is 12.8. The van der Waals surface area contributed by atoms with Crippen molar-refractivity contribution >= 4 is 11.7 Å². The molecule has 0 fully saturated rings. The molecule has 7 heteroatoms. The van der Waals surface area contributed by atoms with Crippen molar-refractivity contribution in [2.75, 3.05) is 31.6 Å². The van der Waals surface area contributed by atoms with Crippen LogP contribution in [0.2, 0.25) is 0 Å². The summed E-state index contributed by atoms with van der Waals surface area (Å²) in [5.41, 5.74) is 1.73. The van der Waals surface area contributed by atoms with Crippen LogP contribution < -0.4 is 20.7 Å². The average molecular weight is 402 g/mol. The molecule has 2 amide bonds. The fourth-order valence-corrected chi connectivity index (χ4v) is 2.69. The van der Waals surface area contributed by atoms with Gasteiger partial charge >= 0.3 is 6.03 Å². The van der Waals surface area contributed by atoms with Crippen LogP contribution in [0, 0.1) is 0 Å². The molecule has 0 aliphatic carbocycles. The molecular formula is C22H31N3O4. The van der Waals surface area contributed by atoms with Gasteiger partial charge in [0, 0.05) is 24.8 Å². The topological polar surface area (TPSA) is 103 Å². The largest absolute Gasteiger partial charge is 0.491 e. The first-order valence-electron chi connectivity index (χ1n) is 9.94. The number of nitrogens with one attached hydrogen (secondary N) is 3. The van der Waals surface area contributed by atoms with Crippen LogP contribution >= 0.6 is 0 Å². The summed E-state index contributed by atoms with van der Waals surface area (Å²) in [5, 5.41) is 28.4. The molecule has 0 aromatic heterocycles. The molecule has 0 saturated carbocycles. The third-order valence-electron chi connectivity index (χ3n) is 4.28. The molecule has 0 aliphatic heterocycles. The Kier molecular flexibility index (Phi) is 9.99. The Hall–Kier alpha value is -2.61. The molecule has 5 N–H and O–H groups in total. The number of carbonyl (C=O) groups is 1. The van der Waals surface area contributed by atoms with Crippen molar-refractivity contribution in [1.82, 2.24) is 10.6 Å². The number of ether oxygens (including phenoxy) is 1. The Balaban J connectivity index is 1.73. The molecule has 0 saturated heterocycles. The highest BCUT2D eigenvalue weighted by atomic mass is 16.5. The number of rotatable bonds is 12. The van der Waals surface area contributed by atoms with Crippen LogP contribution in [0.3, 0.4) is 0 Å². The van der Waals surface area contributed by atoms with Crippen molar-refractivity contribution in [3.05, 3.63) is 60.2 Å². The van der Waals surface area contributed by atoms with E-state index in [2.05, 4.69) is 16.0 Å². The Labute approximate surface area is 172 Å². The van der Waals surface area contributed by atoms with Gasteiger partial charge in [0.1, 0.15) is 18.5 Å². The Bertz CT molecular complexity index is 710. The maximum Gasteiger partial charge on any atom is 0.319 e. The number of benzene rings is 2. The number of anilines is 1. The zero-order chi connectivity index (χ0) is 20.9. The maximum absolute atomic E-state index is 11.7. The minimum Gasteiger partial charge on any atom is -0.491 e. The first kappa shape index (κ1) is 22.7. The summed E-state index contributed by atoms with van der Waals surface area (Å²) in [5.74, 6) is 0.710. The van der Waals surface area contributed by atoms with Crippen LogP contribution in [-0.2, 0) is 6.42 Å². The Morgan fingerprint density at radius 1 is 1.10 bits per heavy atom. The number of para-hydroxylation sites is 1. The minimum absolute atomic E-state index is 0.0499. The zero-order valence-electron chi connectivity index (χ0n) is 16.8. The second-order valence-corrected chi connectivity index (χ2v) is 6.85. The second kappa shape index (κ2) is 12.8. The minimum atomic E-state index is -0.683. The molecule has 0 unspecified atom stereocenters. The van der Waals surface area contributed by atoms with E-state index in [1.165, 1.54) is 0 Å². The van der Waals surface area contributed by atoms with Gasteiger partial charge < -0.3 is 30.9 Å². The second-order valence-electron chi connectivity index (χ2n) is 6.85. The first-order valence-corrected chi connectivity index (χ1v) is 9.94. The number of aliphatic hydroxyl groups excluding tert-OH is 2. The fourth-order valence-electron chi connectivity index (χ4n) is 2.69. The van der Waals surface area contributed by atoms with Gasteiger partial charge in [-0.2, -0.15) is 0 Å². The van der Waals surface area contributed by atoms with Crippen molar-refractivity contribution in [1.29, 1.82) is 0 Å². The van der Waals surface area contributed by atoms with Gasteiger partial charge in [0.05, 0.1) is 6.61 Å². The van der Waals surface area contributed by atoms with Gasteiger partial charge in [0.2, 0.25) is 0 Å². The lowest BCUT2D eigenvalue weighted by Gasteiger charge is -2.19. The summed E-state index contributed by atoms with van der Waals surface area (Å²) in [4.78, 5) is 11.7. The molecule has 7 nitrogen and oxygen atoms in total. The van der Waals surface area contributed by atoms with Gasteiger partial charge in [-0.1, -0.05) is 37.3 Å². The molecule has 2 rings (SSSR count). The molecular weight excluding hydrogens is 370 g/mol. The van der Waals surface area contributed by atoms with Gasteiger partial charge in [-0.25, -0.2) is 4.79 Å². The third-order valence-corrected chi connectivity index (χ3v) is 4.28. The number of hydrogen-bond acceptors (Lipinski definition) is 5. The van der Waals surface area contributed by atoms with E-state index < -0.39 is 6.10 Å². The lowest BCUT2D eigenvalue weighted by Crippen LogP contribution is -2.41. The standard InChI is InChI=1S/C22H31N3O4/c1-2-12-23-22(28)25-18-10-8-17(9-11-18)13-19(15-26)24-14-20(27)16-29-21-6-4-3-5-7-21/h3-11,19-20,24,26-27H,2,12-16H2,1H3,(H2,23,25,28)/t19-,20-/m0/s1. The predicted molar refractivity (Wildman–Crippen MR) is 114 cm³/mol. The summed E-state index contributed by atoms with van der Waals surface area (Å²) in [6, 6.07) is 16.4. The fraction of sp³-hybridized carbons (Fsp3) is 0.409. The smallest absolute Gasteiger partial charge is 0.319 e. The summed E-state index contributed by atoms with van der Waals surface area (Å²) >= 11 is 0. The molecule has 2 aromatic carbocycles. The van der Waals surface area contributed by atoms with Gasteiger partial charge in [-0.3, -0.25) is 0 Å². The number of urea groups is 1. The van der Waals surface area contributed by atoms with Crippen molar-refractivity contribution in [3.63, 3.8) is 0 Å². The molecule has 158 valence electrons. The number of hydrogen-bond donors (Lipinski definition) is 5. The monoisotopic (exact) mass is 401 g/mol. The van der Waals surface area contributed by atoms with Crippen LogP contribution in [-0.4, -0.2) is 54.7 Å². The van der Waals surface area contributed by atoms with Crippen LogP contribution in [0.25, 0.3) is 0 Å². The van der Waals surface area contributed by atoms with E-state index in [1.54, 1.807) is 0 Å². The molecule has 0 radical (unpaired) electrons. The molecule has 29 heavy (non-hydrogen) atoms. The molecule has 0 spiro atoms. The summed E-state index contributed by atoms with van der Waals surface area (Å²) in [6.07, 6.45) is 0.803. The SMILES string of the molecule is CCCNC(=O)Nc1ccc(C[C@@H](CO)NC[C@H](O)COc2ccccc2)cc1. The van der Waals surface area contributed by atoms with E-state index in [1.807, 2.05) is 61.5 Å². The maximum atomic E-state index is 11.7. The van der Waals surface area contributed by atoms with Crippen molar-refractivity contribution in [2.24, 2.45) is 0 Å². The van der Waals surface area contributed by atoms with E-state index in [-0.39, 0.29) is 25.3 Å². The van der Waals surface area contributed by atoms with Crippen molar-refractivity contribution in [2.45, 2.75) is 31.9 Å². The summed E-state index contributed by atoms with van der Waals surface area (Å²) < 4.78 is 5.53. The summed E-state index contributed by atoms with van der Waals surface area (Å²) in [6.45, 7) is 3.07. The lowest BCUT2D eigenvalue weighted by atomic mass is 10.1. The third kappa shape index (κ3) is 8.95. The van der Waals surface area contributed by atoms with Crippen molar-refractivity contribution in [3.8, 4) is 5.75 Å². The number of amides is 2. The Morgan fingerprint density at radius 3 is 2.48 bits per heavy atom. The van der Waals surface area contributed by atoms with Gasteiger partial charge in [-0.05, 0) is 42.7 Å². The molecule has 2 atom stereocenters. The van der Waals surface area contributed by atoms with Crippen LogP contribution in [0.5, 0.6) is 5.75 Å². The van der Waals surface area contributed by atoms with E-state index in [4.69, 9.17) is 4.74 Å². The quantitative estimate of drug-likeness (QED) is 0.375. The molecule has 0 heterocycles. The van der Waals surface area contributed by atoms with E-state index >= 15 is 0 Å². The highest BCUT2D eigenvalue weighted by Crippen LogP contribution is 2.12. The van der Waals surface area contributed by atoms with Crippen LogP contribution in [0.1, 0.15) is 18.9 Å². The number of aliphatic hydroxyl groups is 2. The van der Waals surface area contributed by atoms with E-state index in [0.29, 0.717) is 30.9 Å². The highest BCUT2D eigenvalue weighted by Gasteiger charge is 2.12. The predicted octanol–water partition coefficient (Wildman–Crippen LogP) is 2.15. The molecule has 0 bridgehead atoms. The van der Waals surface area contributed by atoms with Gasteiger partial charge in [0.25, 0.3) is 0 Å². The van der Waals surface area contributed by atoms with Crippen LogP contribution in [0.15, 0.2) is 54.6 Å². The van der Waals surface area contributed by atoms with Gasteiger partial charge in [-0.15, -0.1) is 0 Å².